The van der Waals surface area contributed by atoms with Crippen LogP contribution < -0.4 is 0 Å². The van der Waals surface area contributed by atoms with Gasteiger partial charge in [-0.3, -0.25) is 0 Å². The summed E-state index contributed by atoms with van der Waals surface area (Å²) in [7, 11) is 0. The number of hydrogen-bond donors (Lipinski definition) is 1. The molecule has 2 rings (SSSR count). The molecule has 5 nitrogen and oxygen atoms in total. The first kappa shape index (κ1) is 15.7. The van der Waals surface area contributed by atoms with Crippen molar-refractivity contribution in [2.24, 2.45) is 0 Å². The molecule has 1 aliphatic heterocycles. The van der Waals surface area contributed by atoms with Crippen LogP contribution in [0.5, 0.6) is 0 Å². The molecular weight excluding hydrogens is 290 g/mol. The topological polar surface area (TPSA) is 66.8 Å². The number of hydrogen-bond acceptors (Lipinski definition) is 4. The van der Waals surface area contributed by atoms with E-state index in [1.165, 1.54) is 0 Å². The molecule has 0 spiro atoms. The third-order valence-electron chi connectivity index (χ3n) is 2.90. The van der Waals surface area contributed by atoms with E-state index in [4.69, 9.17) is 9.84 Å². The summed E-state index contributed by atoms with van der Waals surface area (Å²) < 4.78 is 5.29. The fraction of sp³-hybridized carbons (Fsp3) is 0.467. The van der Waals surface area contributed by atoms with Crippen LogP contribution in [0.4, 0.5) is 4.79 Å². The summed E-state index contributed by atoms with van der Waals surface area (Å²) >= 11 is 1.65. The minimum Gasteiger partial charge on any atom is -0.478 e. The van der Waals surface area contributed by atoms with Gasteiger partial charge < -0.3 is 14.7 Å². The number of nitrogens with zero attached hydrogens (tertiary/aromatic N) is 1. The lowest BCUT2D eigenvalue weighted by Crippen LogP contribution is -2.53. The van der Waals surface area contributed by atoms with Crippen molar-refractivity contribution in [1.29, 1.82) is 0 Å². The molecule has 1 saturated heterocycles. The van der Waals surface area contributed by atoms with Crippen LogP contribution in [0.1, 0.15) is 31.1 Å². The van der Waals surface area contributed by atoms with E-state index in [0.29, 0.717) is 18.3 Å². The van der Waals surface area contributed by atoms with Crippen LogP contribution in [0.2, 0.25) is 0 Å². The summed E-state index contributed by atoms with van der Waals surface area (Å²) in [5.41, 5.74) is -0.189. The lowest BCUT2D eigenvalue weighted by Gasteiger charge is -2.39. The number of amides is 1. The number of thioether (sulfide) groups is 1. The van der Waals surface area contributed by atoms with Gasteiger partial charge in [-0.05, 0) is 45.0 Å². The molecule has 0 radical (unpaired) electrons. The van der Waals surface area contributed by atoms with Gasteiger partial charge in [0.1, 0.15) is 5.60 Å². The van der Waals surface area contributed by atoms with Gasteiger partial charge in [0, 0.05) is 23.2 Å². The maximum Gasteiger partial charge on any atom is 0.410 e. The second-order valence-corrected chi connectivity index (χ2v) is 7.33. The minimum absolute atomic E-state index is 0.277. The zero-order valence-electron chi connectivity index (χ0n) is 12.3. The highest BCUT2D eigenvalue weighted by atomic mass is 32.2. The van der Waals surface area contributed by atoms with Gasteiger partial charge in [-0.15, -0.1) is 11.8 Å². The van der Waals surface area contributed by atoms with E-state index in [-0.39, 0.29) is 11.7 Å². The summed E-state index contributed by atoms with van der Waals surface area (Å²) in [5, 5.41) is 9.17. The summed E-state index contributed by atoms with van der Waals surface area (Å²) in [6, 6.07) is 6.78. The average Bonchev–Trinajstić information content (AvgIpc) is 2.31. The Balaban J connectivity index is 1.80. The zero-order valence-corrected chi connectivity index (χ0v) is 13.1. The molecule has 0 aromatic heterocycles. The Morgan fingerprint density at radius 3 is 2.29 bits per heavy atom. The molecule has 0 bridgehead atoms. The second-order valence-electron chi connectivity index (χ2n) is 5.95. The van der Waals surface area contributed by atoms with Crippen molar-refractivity contribution in [3.05, 3.63) is 29.8 Å². The van der Waals surface area contributed by atoms with Crippen molar-refractivity contribution in [3.8, 4) is 0 Å². The first-order chi connectivity index (χ1) is 9.74. The fourth-order valence-electron chi connectivity index (χ4n) is 1.86. The van der Waals surface area contributed by atoms with Crippen molar-refractivity contribution in [1.82, 2.24) is 4.90 Å². The van der Waals surface area contributed by atoms with E-state index in [2.05, 4.69) is 0 Å². The third-order valence-corrected chi connectivity index (χ3v) is 4.08. The van der Waals surface area contributed by atoms with Crippen LogP contribution in [0.25, 0.3) is 0 Å². The Morgan fingerprint density at radius 2 is 1.81 bits per heavy atom. The molecule has 114 valence electrons. The number of rotatable bonds is 3. The SMILES string of the molecule is CC(C)(C)OC(=O)N1CC(Sc2ccc(C(=O)O)cc2)C1. The predicted molar refractivity (Wildman–Crippen MR) is 80.9 cm³/mol. The highest BCUT2D eigenvalue weighted by molar-refractivity contribution is 8.00. The van der Waals surface area contributed by atoms with Gasteiger partial charge in [0.05, 0.1) is 5.56 Å². The number of likely N-dealkylation sites (tertiary alicyclic amines) is 1. The van der Waals surface area contributed by atoms with E-state index in [1.807, 2.05) is 20.8 Å². The van der Waals surface area contributed by atoms with Crippen LogP contribution in [0, 0.1) is 0 Å². The molecule has 6 heteroatoms. The highest BCUT2D eigenvalue weighted by Gasteiger charge is 2.34. The molecule has 1 aromatic rings. The smallest absolute Gasteiger partial charge is 0.410 e. The standard InChI is InChI=1S/C15H19NO4S/c1-15(2,3)20-14(19)16-8-12(9-16)21-11-6-4-10(5-7-11)13(17)18/h4-7,12H,8-9H2,1-3H3,(H,17,18). The highest BCUT2D eigenvalue weighted by Crippen LogP contribution is 2.30. The molecule has 1 heterocycles. The summed E-state index contributed by atoms with van der Waals surface area (Å²) in [6.45, 7) is 6.85. The third kappa shape index (κ3) is 4.39. The van der Waals surface area contributed by atoms with Crippen LogP contribution in [-0.2, 0) is 4.74 Å². The van der Waals surface area contributed by atoms with Crippen molar-refractivity contribution in [2.75, 3.05) is 13.1 Å². The molecule has 1 amide bonds. The van der Waals surface area contributed by atoms with Gasteiger partial charge in [0.2, 0.25) is 0 Å². The largest absolute Gasteiger partial charge is 0.478 e. The van der Waals surface area contributed by atoms with E-state index >= 15 is 0 Å². The maximum atomic E-state index is 11.8. The molecular formula is C15H19NO4S. The van der Waals surface area contributed by atoms with Gasteiger partial charge in [-0.2, -0.15) is 0 Å². The summed E-state index contributed by atoms with van der Waals surface area (Å²) in [4.78, 5) is 25.2. The molecule has 0 saturated carbocycles. The van der Waals surface area contributed by atoms with Gasteiger partial charge in [0.15, 0.2) is 0 Å². The Labute approximate surface area is 128 Å². The summed E-state index contributed by atoms with van der Waals surface area (Å²) in [5.74, 6) is -0.925. The van der Waals surface area contributed by atoms with Crippen LogP contribution in [0.3, 0.4) is 0 Å². The molecule has 1 fully saturated rings. The number of carbonyl (C=O) groups is 2. The van der Waals surface area contributed by atoms with Gasteiger partial charge >= 0.3 is 12.1 Å². The molecule has 21 heavy (non-hydrogen) atoms. The Hall–Kier alpha value is -1.69. The molecule has 0 atom stereocenters. The van der Waals surface area contributed by atoms with Gasteiger partial charge in [-0.25, -0.2) is 9.59 Å². The normalized spacial score (nSPS) is 15.5. The summed E-state index contributed by atoms with van der Waals surface area (Å²) in [6.07, 6.45) is -0.277. The Morgan fingerprint density at radius 1 is 1.24 bits per heavy atom. The van der Waals surface area contributed by atoms with Crippen molar-refractivity contribution < 1.29 is 19.4 Å². The number of benzene rings is 1. The average molecular weight is 309 g/mol. The predicted octanol–water partition coefficient (Wildman–Crippen LogP) is 3.10. The zero-order chi connectivity index (χ0) is 15.6. The maximum absolute atomic E-state index is 11.8. The van der Waals surface area contributed by atoms with E-state index in [0.717, 1.165) is 4.90 Å². The lowest BCUT2D eigenvalue weighted by molar-refractivity contribution is 0.0143. The molecule has 0 aliphatic carbocycles. The van der Waals surface area contributed by atoms with E-state index < -0.39 is 11.6 Å². The number of ether oxygens (including phenoxy) is 1. The van der Waals surface area contributed by atoms with Crippen molar-refractivity contribution in [3.63, 3.8) is 0 Å². The van der Waals surface area contributed by atoms with Crippen molar-refractivity contribution >= 4 is 23.8 Å². The van der Waals surface area contributed by atoms with E-state index in [1.54, 1.807) is 40.9 Å². The van der Waals surface area contributed by atoms with Crippen molar-refractivity contribution in [2.45, 2.75) is 36.5 Å². The van der Waals surface area contributed by atoms with Gasteiger partial charge in [0.25, 0.3) is 0 Å². The number of carboxylic acid groups (broad SMARTS) is 1. The number of carboxylic acids is 1. The van der Waals surface area contributed by atoms with Crippen LogP contribution >= 0.6 is 11.8 Å². The monoisotopic (exact) mass is 309 g/mol. The lowest BCUT2D eigenvalue weighted by atomic mass is 10.2. The number of carbonyl (C=O) groups excluding carboxylic acids is 1. The fourth-order valence-corrected chi connectivity index (χ4v) is 3.04. The second kappa shape index (κ2) is 5.97. The first-order valence-corrected chi connectivity index (χ1v) is 7.60. The molecule has 0 unspecified atom stereocenters. The molecule has 1 aromatic carbocycles. The number of aromatic carboxylic acids is 1. The minimum atomic E-state index is -0.925. The molecule has 1 N–H and O–H groups in total. The Bertz CT molecular complexity index is 530. The van der Waals surface area contributed by atoms with Crippen LogP contribution in [0.15, 0.2) is 29.2 Å². The quantitative estimate of drug-likeness (QED) is 0.929. The molecule has 1 aliphatic rings. The Kier molecular flexibility index (Phi) is 4.46. The van der Waals surface area contributed by atoms with E-state index in [9.17, 15) is 9.59 Å². The van der Waals surface area contributed by atoms with Gasteiger partial charge in [-0.1, -0.05) is 0 Å². The van der Waals surface area contributed by atoms with Crippen LogP contribution in [-0.4, -0.2) is 46.0 Å². The first-order valence-electron chi connectivity index (χ1n) is 6.72.